The van der Waals surface area contributed by atoms with E-state index in [0.29, 0.717) is 52.5 Å². The van der Waals surface area contributed by atoms with E-state index >= 15 is 13.2 Å². The highest BCUT2D eigenvalue weighted by Gasteiger charge is 2.25. The Kier molecular flexibility index (Phi) is 9.20. The fourth-order valence-electron chi connectivity index (χ4n) is 6.45. The lowest BCUT2D eigenvalue weighted by Crippen LogP contribution is -2.09. The van der Waals surface area contributed by atoms with Crippen molar-refractivity contribution in [2.45, 2.75) is 57.9 Å². The Balaban J connectivity index is 1.29. The molecule has 3 aromatic carbocycles. The van der Waals surface area contributed by atoms with E-state index in [1.807, 2.05) is 0 Å². The lowest BCUT2D eigenvalue weighted by atomic mass is 9.88. The van der Waals surface area contributed by atoms with Crippen LogP contribution in [0.5, 0.6) is 11.5 Å². The number of rotatable bonds is 5. The number of aromatic nitrogens is 6. The van der Waals surface area contributed by atoms with Gasteiger partial charge in [0.15, 0.2) is 17.3 Å². The van der Waals surface area contributed by atoms with Crippen molar-refractivity contribution in [1.29, 1.82) is 0 Å². The van der Waals surface area contributed by atoms with Crippen LogP contribution in [0.4, 0.5) is 13.2 Å². The second kappa shape index (κ2) is 14.0. The summed E-state index contributed by atoms with van der Waals surface area (Å²) in [7, 11) is 0. The lowest BCUT2D eigenvalue weighted by Gasteiger charge is -2.18. The van der Waals surface area contributed by atoms with Crippen molar-refractivity contribution in [3.05, 3.63) is 113 Å². The summed E-state index contributed by atoms with van der Waals surface area (Å²) in [6.07, 6.45) is 6.56. The Hall–Kier alpha value is -5.72. The minimum absolute atomic E-state index is 0.0297. The Morgan fingerprint density at radius 2 is 1.98 bits per heavy atom. The maximum Gasteiger partial charge on any atom is 0.306 e. The third kappa shape index (κ3) is 6.63. The molecule has 256 valence electrons. The number of ketones is 1. The van der Waals surface area contributed by atoms with Gasteiger partial charge in [-0.15, -0.1) is 5.10 Å². The van der Waals surface area contributed by atoms with Crippen LogP contribution in [0, 0.1) is 17.5 Å². The number of halogens is 3. The van der Waals surface area contributed by atoms with Crippen LogP contribution < -0.4 is 4.74 Å². The number of ether oxygens (including phenoxy) is 2. The van der Waals surface area contributed by atoms with E-state index in [2.05, 4.69) is 25.3 Å². The van der Waals surface area contributed by atoms with Gasteiger partial charge < -0.3 is 19.4 Å². The standard InChI is InChI=1S/C37H33F3N6O4/c1-2-49-34(48)13-10-21-6-5-8-25(35(21)40)23-7-3-4-9-33(47)32-20-46(45-44-32)19-27-24-14-15-41-30(24)17-29(39)36(27)50-22-11-12-28(38)26(16-22)37-42-18-31(23)43-37/h5-6,8,11-12,14-18,20,23,41H,2-4,7,9-10,13,19H2,1H3,(H,42,43). The third-order valence-electron chi connectivity index (χ3n) is 8.93. The first-order chi connectivity index (χ1) is 24.3. The summed E-state index contributed by atoms with van der Waals surface area (Å²) in [6.45, 7) is 2.00. The first-order valence-electron chi connectivity index (χ1n) is 16.5. The highest BCUT2D eigenvalue weighted by Crippen LogP contribution is 2.38. The fourth-order valence-corrected chi connectivity index (χ4v) is 6.45. The van der Waals surface area contributed by atoms with Gasteiger partial charge in [-0.2, -0.15) is 0 Å². The summed E-state index contributed by atoms with van der Waals surface area (Å²) in [4.78, 5) is 35.8. The van der Waals surface area contributed by atoms with Crippen LogP contribution in [-0.4, -0.2) is 48.3 Å². The molecule has 0 radical (unpaired) electrons. The van der Waals surface area contributed by atoms with Gasteiger partial charge in [0, 0.05) is 59.4 Å². The number of aryl methyl sites for hydroxylation is 1. The van der Waals surface area contributed by atoms with Gasteiger partial charge in [0.25, 0.3) is 0 Å². The van der Waals surface area contributed by atoms with Gasteiger partial charge >= 0.3 is 5.97 Å². The molecular weight excluding hydrogens is 649 g/mol. The molecule has 0 spiro atoms. The van der Waals surface area contributed by atoms with Crippen molar-refractivity contribution in [2.24, 2.45) is 0 Å². The summed E-state index contributed by atoms with van der Waals surface area (Å²) in [5.41, 5.74) is 2.51. The Labute approximate surface area is 284 Å². The molecule has 1 atom stereocenters. The molecule has 0 saturated heterocycles. The van der Waals surface area contributed by atoms with Crippen LogP contribution in [0.1, 0.15) is 77.8 Å². The zero-order chi connectivity index (χ0) is 34.8. The van der Waals surface area contributed by atoms with Gasteiger partial charge in [0.2, 0.25) is 0 Å². The van der Waals surface area contributed by atoms with E-state index in [1.54, 1.807) is 37.4 Å². The summed E-state index contributed by atoms with van der Waals surface area (Å²) < 4.78 is 59.7. The molecular formula is C37H33F3N6O4. The average molecular weight is 683 g/mol. The Bertz CT molecular complexity index is 2210. The van der Waals surface area contributed by atoms with Gasteiger partial charge in [0.1, 0.15) is 28.9 Å². The molecule has 10 nitrogen and oxygen atoms in total. The summed E-state index contributed by atoms with van der Waals surface area (Å²) >= 11 is 0. The Morgan fingerprint density at radius 1 is 1.10 bits per heavy atom. The molecule has 50 heavy (non-hydrogen) atoms. The molecule has 0 amide bonds. The fraction of sp³-hybridized carbons (Fsp3) is 0.270. The van der Waals surface area contributed by atoms with Crippen molar-refractivity contribution in [1.82, 2.24) is 29.9 Å². The molecule has 6 bridgehead atoms. The second-order valence-corrected chi connectivity index (χ2v) is 12.2. The van der Waals surface area contributed by atoms with Crippen LogP contribution in [0.3, 0.4) is 0 Å². The third-order valence-corrected chi connectivity index (χ3v) is 8.93. The predicted molar refractivity (Wildman–Crippen MR) is 177 cm³/mol. The number of imidazole rings is 1. The number of hydrogen-bond acceptors (Lipinski definition) is 7. The first-order valence-corrected chi connectivity index (χ1v) is 16.5. The Morgan fingerprint density at radius 3 is 2.84 bits per heavy atom. The van der Waals surface area contributed by atoms with E-state index in [4.69, 9.17) is 9.47 Å². The molecule has 7 rings (SSSR count). The molecule has 0 aliphatic carbocycles. The maximum absolute atomic E-state index is 16.1. The molecule has 4 heterocycles. The molecule has 1 aliphatic heterocycles. The van der Waals surface area contributed by atoms with E-state index in [1.165, 1.54) is 41.3 Å². The summed E-state index contributed by atoms with van der Waals surface area (Å²) in [6, 6.07) is 12.2. The number of benzene rings is 3. The number of nitrogens with one attached hydrogen (secondary N) is 2. The van der Waals surface area contributed by atoms with Gasteiger partial charge in [-0.05, 0) is 61.6 Å². The number of carbonyl (C=O) groups excluding carboxylic acids is 2. The molecule has 13 heteroatoms. The molecule has 6 aromatic rings. The number of fused-ring (bicyclic) bond motifs is 10. The van der Waals surface area contributed by atoms with Crippen LogP contribution in [0.15, 0.2) is 67.1 Å². The predicted octanol–water partition coefficient (Wildman–Crippen LogP) is 7.79. The van der Waals surface area contributed by atoms with Gasteiger partial charge in [-0.1, -0.05) is 29.8 Å². The molecule has 2 N–H and O–H groups in total. The normalized spacial score (nSPS) is 15.1. The maximum atomic E-state index is 16.1. The van der Waals surface area contributed by atoms with Crippen LogP contribution in [-0.2, 0) is 22.5 Å². The van der Waals surface area contributed by atoms with Crippen LogP contribution >= 0.6 is 0 Å². The smallest absolute Gasteiger partial charge is 0.306 e. The molecule has 1 aliphatic rings. The molecule has 1 unspecified atom stereocenters. The number of H-pyrrole nitrogens is 2. The zero-order valence-corrected chi connectivity index (χ0v) is 27.1. The minimum atomic E-state index is -0.655. The monoisotopic (exact) mass is 682 g/mol. The molecule has 3 aromatic heterocycles. The highest BCUT2D eigenvalue weighted by molar-refractivity contribution is 5.93. The number of nitrogens with zero attached hydrogens (tertiary/aromatic N) is 4. The van der Waals surface area contributed by atoms with E-state index in [9.17, 15) is 9.59 Å². The van der Waals surface area contributed by atoms with E-state index in [0.717, 1.165) is 0 Å². The SMILES string of the molecule is CCOC(=O)CCc1cccc(C2CCCCC(=O)c3cn(nn3)Cc3c(c(F)cc4[nH]ccc34)Oc3ccc(F)c(c3)-c3ncc2[nH]3)c1F. The van der Waals surface area contributed by atoms with Crippen molar-refractivity contribution in [2.75, 3.05) is 6.61 Å². The van der Waals surface area contributed by atoms with Crippen LogP contribution in [0.2, 0.25) is 0 Å². The number of Topliss-reactive ketones (excluding diaryl/α,β-unsaturated/α-hetero) is 1. The number of esters is 1. The summed E-state index contributed by atoms with van der Waals surface area (Å²) in [5.74, 6) is -2.63. The number of carbonyl (C=O) groups is 2. The van der Waals surface area contributed by atoms with Crippen molar-refractivity contribution in [3.8, 4) is 22.9 Å². The van der Waals surface area contributed by atoms with Crippen molar-refractivity contribution < 1.29 is 32.2 Å². The van der Waals surface area contributed by atoms with Gasteiger partial charge in [-0.25, -0.2) is 22.8 Å². The van der Waals surface area contributed by atoms with E-state index < -0.39 is 29.3 Å². The number of aromatic amines is 2. The first kappa shape index (κ1) is 32.8. The largest absolute Gasteiger partial charge is 0.466 e. The molecule has 0 fully saturated rings. The number of hydrogen-bond donors (Lipinski definition) is 2. The van der Waals surface area contributed by atoms with Crippen molar-refractivity contribution >= 4 is 22.7 Å². The second-order valence-electron chi connectivity index (χ2n) is 12.2. The molecule has 0 saturated carbocycles. The highest BCUT2D eigenvalue weighted by atomic mass is 19.1. The lowest BCUT2D eigenvalue weighted by molar-refractivity contribution is -0.143. The van der Waals surface area contributed by atoms with Gasteiger partial charge in [-0.3, -0.25) is 9.59 Å². The van der Waals surface area contributed by atoms with Crippen LogP contribution in [0.25, 0.3) is 22.3 Å². The van der Waals surface area contributed by atoms with Crippen molar-refractivity contribution in [3.63, 3.8) is 0 Å². The van der Waals surface area contributed by atoms with E-state index in [-0.39, 0.29) is 66.8 Å². The minimum Gasteiger partial charge on any atom is -0.466 e. The topological polar surface area (TPSA) is 128 Å². The summed E-state index contributed by atoms with van der Waals surface area (Å²) in [5, 5.41) is 8.89. The quantitative estimate of drug-likeness (QED) is 0.178. The average Bonchev–Trinajstić information content (AvgIpc) is 3.88. The van der Waals surface area contributed by atoms with Gasteiger partial charge in [0.05, 0.1) is 24.9 Å². The zero-order valence-electron chi connectivity index (χ0n) is 27.1.